The Morgan fingerprint density at radius 2 is 2.06 bits per heavy atom. The van der Waals surface area contributed by atoms with Gasteiger partial charge in [0.1, 0.15) is 5.82 Å². The van der Waals surface area contributed by atoms with Gasteiger partial charge in [0.2, 0.25) is 0 Å². The van der Waals surface area contributed by atoms with Crippen LogP contribution in [-0.2, 0) is 6.42 Å². The van der Waals surface area contributed by atoms with Gasteiger partial charge in [0.25, 0.3) is 0 Å². The second kappa shape index (κ2) is 5.36. The maximum Gasteiger partial charge on any atom is 0.127 e. The van der Waals surface area contributed by atoms with Gasteiger partial charge in [-0.3, -0.25) is 0 Å². The fourth-order valence-electron chi connectivity index (χ4n) is 1.59. The predicted molar refractivity (Wildman–Crippen MR) is 71.4 cm³/mol. The molecule has 0 fully saturated rings. The van der Waals surface area contributed by atoms with Gasteiger partial charge in [0.05, 0.1) is 5.02 Å². The van der Waals surface area contributed by atoms with E-state index in [1.165, 1.54) is 17.4 Å². The SMILES string of the molecule is NC(Cc1ccc(Cl)cc1F)c1sccc1Cl. The standard InChI is InChI=1S/C12H10Cl2FNS/c13-8-2-1-7(10(15)6-8)5-11(16)12-9(14)3-4-17-12/h1-4,6,11H,5,16H2. The highest BCUT2D eigenvalue weighted by Crippen LogP contribution is 2.30. The number of benzene rings is 1. The van der Waals surface area contributed by atoms with E-state index in [2.05, 4.69) is 0 Å². The molecule has 0 spiro atoms. The van der Waals surface area contributed by atoms with E-state index in [9.17, 15) is 4.39 Å². The molecule has 90 valence electrons. The Bertz CT molecular complexity index is 527. The summed E-state index contributed by atoms with van der Waals surface area (Å²) in [4.78, 5) is 0.876. The average Bonchev–Trinajstić information content (AvgIpc) is 2.68. The zero-order valence-corrected chi connectivity index (χ0v) is 11.1. The normalized spacial score (nSPS) is 12.7. The molecule has 1 aromatic heterocycles. The number of thiophene rings is 1. The van der Waals surface area contributed by atoms with Crippen LogP contribution in [0.1, 0.15) is 16.5 Å². The molecule has 0 aliphatic heterocycles. The summed E-state index contributed by atoms with van der Waals surface area (Å²) in [6.07, 6.45) is 0.406. The van der Waals surface area contributed by atoms with Crippen molar-refractivity contribution in [1.82, 2.24) is 0 Å². The van der Waals surface area contributed by atoms with Crippen molar-refractivity contribution in [2.75, 3.05) is 0 Å². The fraction of sp³-hybridized carbons (Fsp3) is 0.167. The molecule has 0 saturated heterocycles. The molecule has 0 amide bonds. The molecule has 0 bridgehead atoms. The Morgan fingerprint density at radius 1 is 1.29 bits per heavy atom. The number of nitrogens with two attached hydrogens (primary N) is 1. The van der Waals surface area contributed by atoms with Crippen LogP contribution in [0.2, 0.25) is 10.0 Å². The van der Waals surface area contributed by atoms with Gasteiger partial charge >= 0.3 is 0 Å². The molecule has 0 aliphatic carbocycles. The van der Waals surface area contributed by atoms with Gasteiger partial charge in [-0.25, -0.2) is 4.39 Å². The molecule has 2 N–H and O–H groups in total. The van der Waals surface area contributed by atoms with Gasteiger partial charge in [-0.1, -0.05) is 29.3 Å². The van der Waals surface area contributed by atoms with Crippen LogP contribution in [0.4, 0.5) is 4.39 Å². The molecule has 0 saturated carbocycles. The minimum atomic E-state index is -0.333. The maximum atomic E-state index is 13.6. The van der Waals surface area contributed by atoms with Crippen LogP contribution in [0.15, 0.2) is 29.6 Å². The topological polar surface area (TPSA) is 26.0 Å². The molecule has 2 aromatic rings. The fourth-order valence-corrected chi connectivity index (χ4v) is 2.95. The molecule has 1 aromatic carbocycles. The Labute approximate surface area is 113 Å². The monoisotopic (exact) mass is 289 g/mol. The largest absolute Gasteiger partial charge is 0.323 e. The quantitative estimate of drug-likeness (QED) is 0.888. The lowest BCUT2D eigenvalue weighted by molar-refractivity contribution is 0.595. The first-order valence-electron chi connectivity index (χ1n) is 5.00. The van der Waals surface area contributed by atoms with E-state index in [4.69, 9.17) is 28.9 Å². The first-order valence-corrected chi connectivity index (χ1v) is 6.64. The Morgan fingerprint density at radius 3 is 2.65 bits per heavy atom. The highest BCUT2D eigenvalue weighted by molar-refractivity contribution is 7.10. The summed E-state index contributed by atoms with van der Waals surface area (Å²) in [5.74, 6) is -0.333. The van der Waals surface area contributed by atoms with E-state index in [-0.39, 0.29) is 11.9 Å². The van der Waals surface area contributed by atoms with Crippen molar-refractivity contribution in [2.24, 2.45) is 5.73 Å². The second-order valence-electron chi connectivity index (χ2n) is 3.68. The van der Waals surface area contributed by atoms with E-state index >= 15 is 0 Å². The molecule has 0 aliphatic rings. The summed E-state index contributed by atoms with van der Waals surface area (Å²) < 4.78 is 13.6. The highest BCUT2D eigenvalue weighted by atomic mass is 35.5. The Kier molecular flexibility index (Phi) is 4.05. The molecule has 0 radical (unpaired) electrons. The third kappa shape index (κ3) is 2.99. The lowest BCUT2D eigenvalue weighted by atomic mass is 10.0. The van der Waals surface area contributed by atoms with Gasteiger partial charge < -0.3 is 5.73 Å². The van der Waals surface area contributed by atoms with Crippen molar-refractivity contribution < 1.29 is 4.39 Å². The smallest absolute Gasteiger partial charge is 0.127 e. The molecule has 1 heterocycles. The average molecular weight is 290 g/mol. The van der Waals surface area contributed by atoms with E-state index < -0.39 is 0 Å². The van der Waals surface area contributed by atoms with Gasteiger partial charge in [0, 0.05) is 15.9 Å². The molecular formula is C12H10Cl2FNS. The van der Waals surface area contributed by atoms with Crippen molar-refractivity contribution >= 4 is 34.5 Å². The number of halogens is 3. The predicted octanol–water partition coefficient (Wildman–Crippen LogP) is 4.44. The first kappa shape index (κ1) is 12.8. The molecule has 1 nitrogen and oxygen atoms in total. The third-order valence-electron chi connectivity index (χ3n) is 2.44. The molecule has 1 unspecified atom stereocenters. The number of hydrogen-bond acceptors (Lipinski definition) is 2. The van der Waals surface area contributed by atoms with Crippen LogP contribution in [0.25, 0.3) is 0 Å². The van der Waals surface area contributed by atoms with Crippen molar-refractivity contribution in [3.8, 4) is 0 Å². The van der Waals surface area contributed by atoms with Gasteiger partial charge in [0.15, 0.2) is 0 Å². The second-order valence-corrected chi connectivity index (χ2v) is 5.47. The number of hydrogen-bond donors (Lipinski definition) is 1. The van der Waals surface area contributed by atoms with E-state index in [1.54, 1.807) is 18.2 Å². The molecule has 1 atom stereocenters. The van der Waals surface area contributed by atoms with Gasteiger partial charge in [-0.15, -0.1) is 11.3 Å². The summed E-state index contributed by atoms with van der Waals surface area (Å²) in [5.41, 5.74) is 6.55. The van der Waals surface area contributed by atoms with Crippen LogP contribution in [0.3, 0.4) is 0 Å². The third-order valence-corrected chi connectivity index (χ3v) is 4.16. The van der Waals surface area contributed by atoms with Crippen LogP contribution in [0, 0.1) is 5.82 Å². The number of rotatable bonds is 3. The molecule has 2 rings (SSSR count). The Balaban J connectivity index is 2.19. The Hall–Kier alpha value is -0.610. The van der Waals surface area contributed by atoms with Crippen molar-refractivity contribution in [2.45, 2.75) is 12.5 Å². The van der Waals surface area contributed by atoms with E-state index in [0.29, 0.717) is 22.0 Å². The van der Waals surface area contributed by atoms with Gasteiger partial charge in [-0.05, 0) is 35.6 Å². The van der Waals surface area contributed by atoms with E-state index in [0.717, 1.165) is 4.88 Å². The van der Waals surface area contributed by atoms with Crippen molar-refractivity contribution in [1.29, 1.82) is 0 Å². The minimum absolute atomic E-state index is 0.293. The summed E-state index contributed by atoms with van der Waals surface area (Å²) in [6.45, 7) is 0. The molecular weight excluding hydrogens is 280 g/mol. The lowest BCUT2D eigenvalue weighted by Crippen LogP contribution is -2.13. The van der Waals surface area contributed by atoms with Crippen LogP contribution < -0.4 is 5.73 Å². The zero-order valence-electron chi connectivity index (χ0n) is 8.79. The maximum absolute atomic E-state index is 13.6. The van der Waals surface area contributed by atoms with Crippen molar-refractivity contribution in [3.05, 3.63) is 55.9 Å². The van der Waals surface area contributed by atoms with Gasteiger partial charge in [-0.2, -0.15) is 0 Å². The van der Waals surface area contributed by atoms with Crippen LogP contribution in [0.5, 0.6) is 0 Å². The minimum Gasteiger partial charge on any atom is -0.323 e. The molecule has 17 heavy (non-hydrogen) atoms. The van der Waals surface area contributed by atoms with Crippen LogP contribution >= 0.6 is 34.5 Å². The lowest BCUT2D eigenvalue weighted by Gasteiger charge is -2.11. The highest BCUT2D eigenvalue weighted by Gasteiger charge is 2.14. The summed E-state index contributed by atoms with van der Waals surface area (Å²) in [7, 11) is 0. The zero-order chi connectivity index (χ0) is 12.4. The van der Waals surface area contributed by atoms with E-state index in [1.807, 2.05) is 5.38 Å². The van der Waals surface area contributed by atoms with Crippen molar-refractivity contribution in [3.63, 3.8) is 0 Å². The summed E-state index contributed by atoms with van der Waals surface area (Å²) >= 11 is 13.1. The molecule has 5 heteroatoms. The summed E-state index contributed by atoms with van der Waals surface area (Å²) in [5, 5.41) is 2.89. The summed E-state index contributed by atoms with van der Waals surface area (Å²) in [6, 6.07) is 6.10. The van der Waals surface area contributed by atoms with Crippen LogP contribution in [-0.4, -0.2) is 0 Å². The first-order chi connectivity index (χ1) is 8.08.